The lowest BCUT2D eigenvalue weighted by molar-refractivity contribution is 0.102. The average molecular weight is 256 g/mol. The van der Waals surface area contributed by atoms with Gasteiger partial charge in [-0.3, -0.25) is 4.79 Å². The van der Waals surface area contributed by atoms with E-state index in [9.17, 15) is 18.0 Å². The van der Waals surface area contributed by atoms with Crippen LogP contribution in [0.1, 0.15) is 16.4 Å². The summed E-state index contributed by atoms with van der Waals surface area (Å²) in [6.45, 7) is 1.52. The highest BCUT2D eigenvalue weighted by Crippen LogP contribution is 2.20. The number of nitrogens with zero attached hydrogens (tertiary/aromatic N) is 1. The van der Waals surface area contributed by atoms with Crippen molar-refractivity contribution in [2.75, 3.05) is 5.32 Å². The number of carbonyl (C=O) groups is 1. The monoisotopic (exact) mass is 256 g/mol. The molecule has 4 nitrogen and oxygen atoms in total. The van der Waals surface area contributed by atoms with Crippen molar-refractivity contribution in [3.8, 4) is 0 Å². The highest BCUT2D eigenvalue weighted by atomic mass is 19.2. The van der Waals surface area contributed by atoms with Crippen molar-refractivity contribution in [2.45, 2.75) is 6.92 Å². The molecule has 1 aromatic carbocycles. The molecule has 2 rings (SSSR count). The van der Waals surface area contributed by atoms with E-state index in [4.69, 9.17) is 4.42 Å². The standard InChI is InChI=1S/C11H7F3N2O2/c1-5-15-8(4-18-5)11(17)16-7-3-2-6(12)9(13)10(7)14/h2-4H,1H3,(H,16,17). The molecule has 0 bridgehead atoms. The zero-order chi connectivity index (χ0) is 13.3. The Morgan fingerprint density at radius 3 is 2.61 bits per heavy atom. The maximum Gasteiger partial charge on any atom is 0.277 e. The van der Waals surface area contributed by atoms with Crippen LogP contribution < -0.4 is 5.32 Å². The lowest BCUT2D eigenvalue weighted by Gasteiger charge is -2.05. The highest BCUT2D eigenvalue weighted by molar-refractivity contribution is 6.02. The summed E-state index contributed by atoms with van der Waals surface area (Å²) in [5, 5.41) is 2.06. The summed E-state index contributed by atoms with van der Waals surface area (Å²) in [6, 6.07) is 1.63. The Kier molecular flexibility index (Phi) is 3.05. The van der Waals surface area contributed by atoms with Crippen LogP contribution >= 0.6 is 0 Å². The van der Waals surface area contributed by atoms with E-state index in [-0.39, 0.29) is 11.6 Å². The lowest BCUT2D eigenvalue weighted by atomic mass is 10.2. The van der Waals surface area contributed by atoms with Crippen LogP contribution in [0.4, 0.5) is 18.9 Å². The van der Waals surface area contributed by atoms with Crippen molar-refractivity contribution in [3.63, 3.8) is 0 Å². The molecule has 18 heavy (non-hydrogen) atoms. The first kappa shape index (κ1) is 12.2. The van der Waals surface area contributed by atoms with Gasteiger partial charge in [0.2, 0.25) is 0 Å². The van der Waals surface area contributed by atoms with Crippen molar-refractivity contribution in [3.05, 3.63) is 47.4 Å². The van der Waals surface area contributed by atoms with Crippen LogP contribution in [-0.2, 0) is 0 Å². The number of aryl methyl sites for hydroxylation is 1. The van der Waals surface area contributed by atoms with Crippen LogP contribution in [-0.4, -0.2) is 10.9 Å². The van der Waals surface area contributed by atoms with E-state index < -0.39 is 29.0 Å². The van der Waals surface area contributed by atoms with Gasteiger partial charge in [0.25, 0.3) is 5.91 Å². The van der Waals surface area contributed by atoms with Gasteiger partial charge < -0.3 is 9.73 Å². The molecule has 0 radical (unpaired) electrons. The maximum atomic E-state index is 13.3. The Balaban J connectivity index is 2.25. The minimum atomic E-state index is -1.65. The van der Waals surface area contributed by atoms with E-state index in [1.54, 1.807) is 0 Å². The van der Waals surface area contributed by atoms with Gasteiger partial charge in [-0.25, -0.2) is 18.2 Å². The average Bonchev–Trinajstić information content (AvgIpc) is 2.77. The number of amides is 1. The smallest absolute Gasteiger partial charge is 0.277 e. The predicted molar refractivity (Wildman–Crippen MR) is 55.5 cm³/mol. The molecule has 0 unspecified atom stereocenters. The number of anilines is 1. The van der Waals surface area contributed by atoms with Gasteiger partial charge in [-0.05, 0) is 12.1 Å². The van der Waals surface area contributed by atoms with Gasteiger partial charge >= 0.3 is 0 Å². The molecule has 1 aromatic heterocycles. The van der Waals surface area contributed by atoms with Crippen LogP contribution in [0.25, 0.3) is 0 Å². The third kappa shape index (κ3) is 2.20. The summed E-state index contributed by atoms with van der Waals surface area (Å²) in [5.74, 6) is -4.97. The number of halogens is 3. The molecular weight excluding hydrogens is 249 g/mol. The number of nitrogens with one attached hydrogen (secondary N) is 1. The normalized spacial score (nSPS) is 10.4. The number of carbonyl (C=O) groups excluding carboxylic acids is 1. The summed E-state index contributed by atoms with van der Waals surface area (Å²) in [5.41, 5.74) is -0.559. The molecule has 0 atom stereocenters. The molecule has 94 valence electrons. The number of aromatic nitrogens is 1. The number of hydrogen-bond acceptors (Lipinski definition) is 3. The molecular formula is C11H7F3N2O2. The molecule has 0 spiro atoms. The van der Waals surface area contributed by atoms with Crippen molar-refractivity contribution in [2.24, 2.45) is 0 Å². The van der Waals surface area contributed by atoms with E-state index in [2.05, 4.69) is 10.3 Å². The van der Waals surface area contributed by atoms with Gasteiger partial charge in [0.05, 0.1) is 5.69 Å². The Bertz CT molecular complexity index is 610. The molecule has 0 saturated heterocycles. The summed E-state index contributed by atoms with van der Waals surface area (Å²) in [6.07, 6.45) is 1.07. The molecule has 0 aliphatic carbocycles. The van der Waals surface area contributed by atoms with E-state index in [0.717, 1.165) is 12.3 Å². The van der Waals surface area contributed by atoms with Crippen LogP contribution in [0.15, 0.2) is 22.8 Å². The highest BCUT2D eigenvalue weighted by Gasteiger charge is 2.17. The third-order valence-electron chi connectivity index (χ3n) is 2.14. The third-order valence-corrected chi connectivity index (χ3v) is 2.14. The molecule has 1 amide bonds. The number of benzene rings is 1. The van der Waals surface area contributed by atoms with Crippen LogP contribution in [0, 0.1) is 24.4 Å². The Labute approximate surface area is 99.4 Å². The fourth-order valence-electron chi connectivity index (χ4n) is 1.28. The molecule has 1 N–H and O–H groups in total. The summed E-state index contributed by atoms with van der Waals surface area (Å²) >= 11 is 0. The molecule has 0 aliphatic heterocycles. The van der Waals surface area contributed by atoms with Crippen molar-refractivity contribution in [1.29, 1.82) is 0 Å². The van der Waals surface area contributed by atoms with Crippen molar-refractivity contribution in [1.82, 2.24) is 4.98 Å². The van der Waals surface area contributed by atoms with E-state index in [1.165, 1.54) is 6.92 Å². The SMILES string of the molecule is Cc1nc(C(=O)Nc2ccc(F)c(F)c2F)co1. The number of oxazole rings is 1. The van der Waals surface area contributed by atoms with Crippen molar-refractivity contribution >= 4 is 11.6 Å². The number of hydrogen-bond donors (Lipinski definition) is 1. The molecule has 0 aliphatic rings. The van der Waals surface area contributed by atoms with Gasteiger partial charge in [0.15, 0.2) is 29.0 Å². The van der Waals surface area contributed by atoms with E-state index in [0.29, 0.717) is 6.07 Å². The molecule has 7 heteroatoms. The second-order valence-corrected chi connectivity index (χ2v) is 3.43. The second kappa shape index (κ2) is 4.52. The number of rotatable bonds is 2. The fourth-order valence-corrected chi connectivity index (χ4v) is 1.28. The Morgan fingerprint density at radius 2 is 2.00 bits per heavy atom. The van der Waals surface area contributed by atoms with Gasteiger partial charge in [-0.1, -0.05) is 0 Å². The zero-order valence-corrected chi connectivity index (χ0v) is 9.13. The molecule has 1 heterocycles. The summed E-state index contributed by atoms with van der Waals surface area (Å²) < 4.78 is 43.6. The molecule has 0 saturated carbocycles. The minimum Gasteiger partial charge on any atom is -0.448 e. The zero-order valence-electron chi connectivity index (χ0n) is 9.13. The van der Waals surface area contributed by atoms with Crippen LogP contribution in [0.2, 0.25) is 0 Å². The molecule has 0 fully saturated rings. The second-order valence-electron chi connectivity index (χ2n) is 3.43. The van der Waals surface area contributed by atoms with E-state index in [1.807, 2.05) is 0 Å². The Morgan fingerprint density at radius 1 is 1.28 bits per heavy atom. The first-order valence-corrected chi connectivity index (χ1v) is 4.86. The Hall–Kier alpha value is -2.31. The first-order valence-electron chi connectivity index (χ1n) is 4.86. The topological polar surface area (TPSA) is 55.1 Å². The first-order chi connectivity index (χ1) is 8.49. The lowest BCUT2D eigenvalue weighted by Crippen LogP contribution is -2.14. The summed E-state index contributed by atoms with van der Waals surface area (Å²) in [4.78, 5) is 15.3. The van der Waals surface area contributed by atoms with E-state index >= 15 is 0 Å². The van der Waals surface area contributed by atoms with Gasteiger partial charge in [0.1, 0.15) is 6.26 Å². The van der Waals surface area contributed by atoms with Gasteiger partial charge in [0, 0.05) is 6.92 Å². The predicted octanol–water partition coefficient (Wildman–Crippen LogP) is 2.65. The quantitative estimate of drug-likeness (QED) is 0.840. The van der Waals surface area contributed by atoms with Crippen molar-refractivity contribution < 1.29 is 22.4 Å². The van der Waals surface area contributed by atoms with Crippen LogP contribution in [0.3, 0.4) is 0 Å². The maximum absolute atomic E-state index is 13.3. The fraction of sp³-hybridized carbons (Fsp3) is 0.0909. The largest absolute Gasteiger partial charge is 0.448 e. The molecule has 2 aromatic rings. The van der Waals surface area contributed by atoms with Gasteiger partial charge in [-0.2, -0.15) is 0 Å². The summed E-state index contributed by atoms with van der Waals surface area (Å²) in [7, 11) is 0. The minimum absolute atomic E-state index is 0.0865. The van der Waals surface area contributed by atoms with Gasteiger partial charge in [-0.15, -0.1) is 0 Å². The van der Waals surface area contributed by atoms with Crippen LogP contribution in [0.5, 0.6) is 0 Å².